The molecule has 2 aliphatic heterocycles. The molecule has 8 heteroatoms. The second-order valence-electron chi connectivity index (χ2n) is 7.90. The molecule has 1 N–H and O–H groups in total. The van der Waals surface area contributed by atoms with Gasteiger partial charge in [-0.1, -0.05) is 0 Å². The smallest absolute Gasteiger partial charge is 0.224 e. The van der Waals surface area contributed by atoms with Gasteiger partial charge in [0, 0.05) is 31.5 Å². The van der Waals surface area contributed by atoms with Crippen molar-refractivity contribution in [2.45, 2.75) is 38.9 Å². The predicted molar refractivity (Wildman–Crippen MR) is 116 cm³/mol. The molecule has 0 bridgehead atoms. The molecule has 1 fully saturated rings. The Balaban J connectivity index is 1.28. The number of amides is 1. The van der Waals surface area contributed by atoms with Crippen molar-refractivity contribution in [1.82, 2.24) is 4.98 Å². The Hall–Kier alpha value is -3.13. The first-order chi connectivity index (χ1) is 15.0. The molecule has 4 rings (SSSR count). The van der Waals surface area contributed by atoms with Gasteiger partial charge in [-0.3, -0.25) is 9.59 Å². The van der Waals surface area contributed by atoms with Gasteiger partial charge in [-0.25, -0.2) is 4.98 Å². The summed E-state index contributed by atoms with van der Waals surface area (Å²) in [5, 5.41) is 2.80. The number of benzene rings is 1. The Kier molecular flexibility index (Phi) is 6.36. The maximum atomic E-state index is 12.5. The van der Waals surface area contributed by atoms with Gasteiger partial charge >= 0.3 is 0 Å². The molecule has 0 saturated carbocycles. The maximum Gasteiger partial charge on any atom is 0.224 e. The van der Waals surface area contributed by atoms with Crippen LogP contribution in [0.1, 0.15) is 37.0 Å². The number of Topliss-reactive ketones (excluding diaryl/α,β-unsaturated/α-hetero) is 1. The van der Waals surface area contributed by atoms with Crippen molar-refractivity contribution in [3.8, 4) is 11.5 Å². The summed E-state index contributed by atoms with van der Waals surface area (Å²) in [6, 6.07) is 8.81. The zero-order chi connectivity index (χ0) is 21.8. The van der Waals surface area contributed by atoms with Crippen LogP contribution >= 0.6 is 0 Å². The summed E-state index contributed by atoms with van der Waals surface area (Å²) in [6.45, 7) is 6.62. The van der Waals surface area contributed by atoms with E-state index in [0.29, 0.717) is 36.0 Å². The highest BCUT2D eigenvalue weighted by Crippen LogP contribution is 2.31. The van der Waals surface area contributed by atoms with E-state index >= 15 is 0 Å². The number of nitrogens with zero attached hydrogens (tertiary/aromatic N) is 2. The Morgan fingerprint density at radius 2 is 1.77 bits per heavy atom. The second-order valence-corrected chi connectivity index (χ2v) is 7.90. The molecule has 164 valence electrons. The van der Waals surface area contributed by atoms with Crippen molar-refractivity contribution in [2.75, 3.05) is 36.5 Å². The molecule has 2 aromatic rings. The monoisotopic (exact) mass is 425 g/mol. The lowest BCUT2D eigenvalue weighted by atomic mass is 10.1. The van der Waals surface area contributed by atoms with Gasteiger partial charge < -0.3 is 24.4 Å². The number of ether oxygens (including phenoxy) is 3. The Morgan fingerprint density at radius 1 is 1.03 bits per heavy atom. The summed E-state index contributed by atoms with van der Waals surface area (Å²) in [5.74, 6) is 1.72. The molecule has 0 spiro atoms. The fourth-order valence-corrected chi connectivity index (χ4v) is 3.82. The van der Waals surface area contributed by atoms with Gasteiger partial charge in [-0.15, -0.1) is 0 Å². The number of aromatic nitrogens is 1. The molecule has 31 heavy (non-hydrogen) atoms. The van der Waals surface area contributed by atoms with Crippen LogP contribution in [0.25, 0.3) is 0 Å². The number of morpholine rings is 1. The van der Waals surface area contributed by atoms with Gasteiger partial charge in [0.1, 0.15) is 19.0 Å². The van der Waals surface area contributed by atoms with Crippen LogP contribution in [0, 0.1) is 0 Å². The number of nitrogens with one attached hydrogen (secondary N) is 1. The molecule has 3 heterocycles. The molecule has 0 radical (unpaired) electrons. The largest absolute Gasteiger partial charge is 0.486 e. The summed E-state index contributed by atoms with van der Waals surface area (Å²) >= 11 is 0. The molecular weight excluding hydrogens is 398 g/mol. The number of ketones is 1. The molecule has 2 aliphatic rings. The Bertz CT molecular complexity index is 937. The summed E-state index contributed by atoms with van der Waals surface area (Å²) < 4.78 is 16.7. The predicted octanol–water partition coefficient (Wildman–Crippen LogP) is 3.07. The van der Waals surface area contributed by atoms with Crippen molar-refractivity contribution in [3.05, 3.63) is 42.1 Å². The van der Waals surface area contributed by atoms with Gasteiger partial charge in [0.05, 0.1) is 24.1 Å². The fraction of sp³-hybridized carbons (Fsp3) is 0.435. The number of rotatable bonds is 6. The lowest BCUT2D eigenvalue weighted by Crippen LogP contribution is -2.45. The van der Waals surface area contributed by atoms with Crippen molar-refractivity contribution in [2.24, 2.45) is 0 Å². The zero-order valence-corrected chi connectivity index (χ0v) is 17.8. The van der Waals surface area contributed by atoms with Crippen LogP contribution in [-0.2, 0) is 9.53 Å². The molecule has 1 aromatic heterocycles. The van der Waals surface area contributed by atoms with E-state index in [4.69, 9.17) is 14.2 Å². The van der Waals surface area contributed by atoms with E-state index in [-0.39, 0.29) is 36.7 Å². The average Bonchev–Trinajstić information content (AvgIpc) is 2.77. The highest BCUT2D eigenvalue weighted by Gasteiger charge is 2.23. The van der Waals surface area contributed by atoms with E-state index in [1.807, 2.05) is 26.0 Å². The van der Waals surface area contributed by atoms with E-state index in [1.165, 1.54) is 0 Å². The number of pyridine rings is 1. The Morgan fingerprint density at radius 3 is 2.48 bits per heavy atom. The minimum atomic E-state index is -0.228. The quantitative estimate of drug-likeness (QED) is 0.712. The molecule has 1 amide bonds. The standard InChI is InChI=1S/C23H27N3O5/c1-15-13-26(14-16(2)31-15)22-7-4-18(12-24-22)25-23(28)8-5-19(27)17-3-6-20-21(11-17)30-10-9-29-20/h3-4,6-7,11-12,15-16H,5,8-10,13-14H2,1-2H3,(H,25,28). The van der Waals surface area contributed by atoms with E-state index < -0.39 is 0 Å². The normalized spacial score (nSPS) is 20.3. The lowest BCUT2D eigenvalue weighted by molar-refractivity contribution is -0.116. The van der Waals surface area contributed by atoms with Crippen molar-refractivity contribution in [1.29, 1.82) is 0 Å². The number of hydrogen-bond acceptors (Lipinski definition) is 7. The molecular formula is C23H27N3O5. The fourth-order valence-electron chi connectivity index (χ4n) is 3.82. The Labute approximate surface area is 181 Å². The van der Waals surface area contributed by atoms with Crippen LogP contribution in [-0.4, -0.2) is 55.2 Å². The van der Waals surface area contributed by atoms with E-state index in [1.54, 1.807) is 24.4 Å². The highest BCUT2D eigenvalue weighted by molar-refractivity contribution is 6.00. The van der Waals surface area contributed by atoms with Gasteiger partial charge in [0.2, 0.25) is 5.91 Å². The van der Waals surface area contributed by atoms with Crippen LogP contribution in [0.15, 0.2) is 36.5 Å². The molecule has 0 aliphatic carbocycles. The molecule has 1 saturated heterocycles. The number of hydrogen-bond donors (Lipinski definition) is 1. The third kappa shape index (κ3) is 5.32. The third-order valence-corrected chi connectivity index (χ3v) is 5.22. The number of anilines is 2. The SMILES string of the molecule is CC1CN(c2ccc(NC(=O)CCC(=O)c3ccc4c(c3)OCCO4)cn2)CC(C)O1. The average molecular weight is 425 g/mol. The molecule has 1 aromatic carbocycles. The van der Waals surface area contributed by atoms with Crippen molar-refractivity contribution in [3.63, 3.8) is 0 Å². The third-order valence-electron chi connectivity index (χ3n) is 5.22. The maximum absolute atomic E-state index is 12.5. The van der Waals surface area contributed by atoms with Gasteiger partial charge in [0.15, 0.2) is 17.3 Å². The second kappa shape index (κ2) is 9.34. The van der Waals surface area contributed by atoms with Crippen LogP contribution in [0.5, 0.6) is 11.5 Å². The number of fused-ring (bicyclic) bond motifs is 1. The summed E-state index contributed by atoms with van der Waals surface area (Å²) in [4.78, 5) is 31.4. The first kappa shape index (κ1) is 21.1. The highest BCUT2D eigenvalue weighted by atomic mass is 16.6. The minimum Gasteiger partial charge on any atom is -0.486 e. The number of carbonyl (C=O) groups excluding carboxylic acids is 2. The molecule has 2 unspecified atom stereocenters. The summed E-state index contributed by atoms with van der Waals surface area (Å²) in [6.07, 6.45) is 2.14. The first-order valence-corrected chi connectivity index (χ1v) is 10.6. The van der Waals surface area contributed by atoms with E-state index in [2.05, 4.69) is 15.2 Å². The van der Waals surface area contributed by atoms with Crippen LogP contribution in [0.4, 0.5) is 11.5 Å². The lowest BCUT2D eigenvalue weighted by Gasteiger charge is -2.36. The van der Waals surface area contributed by atoms with Crippen LogP contribution < -0.4 is 19.7 Å². The van der Waals surface area contributed by atoms with Gasteiger partial charge in [0.25, 0.3) is 0 Å². The summed E-state index contributed by atoms with van der Waals surface area (Å²) in [7, 11) is 0. The zero-order valence-electron chi connectivity index (χ0n) is 17.8. The van der Waals surface area contributed by atoms with Crippen LogP contribution in [0.3, 0.4) is 0 Å². The minimum absolute atomic E-state index is 0.0908. The van der Waals surface area contributed by atoms with Crippen molar-refractivity contribution >= 4 is 23.2 Å². The van der Waals surface area contributed by atoms with Gasteiger partial charge in [-0.2, -0.15) is 0 Å². The first-order valence-electron chi connectivity index (χ1n) is 10.6. The van der Waals surface area contributed by atoms with E-state index in [0.717, 1.165) is 18.9 Å². The summed E-state index contributed by atoms with van der Waals surface area (Å²) in [5.41, 5.74) is 1.12. The topological polar surface area (TPSA) is 90.0 Å². The molecule has 8 nitrogen and oxygen atoms in total. The van der Waals surface area contributed by atoms with Crippen molar-refractivity contribution < 1.29 is 23.8 Å². The van der Waals surface area contributed by atoms with E-state index in [9.17, 15) is 9.59 Å². The molecule has 2 atom stereocenters. The van der Waals surface area contributed by atoms with Gasteiger partial charge in [-0.05, 0) is 44.2 Å². The number of carbonyl (C=O) groups is 2. The van der Waals surface area contributed by atoms with Crippen LogP contribution in [0.2, 0.25) is 0 Å².